The second-order valence-electron chi connectivity index (χ2n) is 7.90. The molecule has 1 aromatic heterocycles. The molecule has 0 saturated carbocycles. The quantitative estimate of drug-likeness (QED) is 0.362. The van der Waals surface area contributed by atoms with Crippen molar-refractivity contribution in [1.82, 2.24) is 20.1 Å². The molecule has 2 N–H and O–H groups in total. The van der Waals surface area contributed by atoms with Crippen LogP contribution in [0, 0.1) is 0 Å². The van der Waals surface area contributed by atoms with Gasteiger partial charge in [0.25, 0.3) is 0 Å². The number of ether oxygens (including phenoxy) is 1. The van der Waals surface area contributed by atoms with Crippen LogP contribution >= 0.6 is 11.8 Å². The topological polar surface area (TPSA) is 98.1 Å². The minimum atomic E-state index is -0.202. The lowest BCUT2D eigenvalue weighted by atomic mass is 10.2. The maximum Gasteiger partial charge on any atom is 0.248 e. The minimum Gasteiger partial charge on any atom is -0.376 e. The third-order valence-electron chi connectivity index (χ3n) is 5.36. The number of anilines is 1. The summed E-state index contributed by atoms with van der Waals surface area (Å²) in [5, 5.41) is 14.9. The summed E-state index contributed by atoms with van der Waals surface area (Å²) in [6.45, 7) is 1.32. The molecule has 1 fully saturated rings. The van der Waals surface area contributed by atoms with Gasteiger partial charge in [-0.05, 0) is 48.7 Å². The lowest BCUT2D eigenvalue weighted by molar-refractivity contribution is -0.119. The summed E-state index contributed by atoms with van der Waals surface area (Å²) in [6.07, 6.45) is 5.45. The Labute approximate surface area is 202 Å². The molecule has 1 atom stereocenters. The average Bonchev–Trinajstić information content (AvgIpc) is 3.51. The largest absolute Gasteiger partial charge is 0.376 e. The number of hydrogen-bond donors (Lipinski definition) is 2. The normalized spacial score (nSPS) is 15.5. The van der Waals surface area contributed by atoms with Crippen molar-refractivity contribution in [2.75, 3.05) is 24.2 Å². The Morgan fingerprint density at radius 1 is 1.15 bits per heavy atom. The van der Waals surface area contributed by atoms with Crippen molar-refractivity contribution in [2.45, 2.75) is 24.1 Å². The molecule has 0 aliphatic carbocycles. The van der Waals surface area contributed by atoms with Crippen molar-refractivity contribution in [3.63, 3.8) is 0 Å². The molecule has 34 heavy (non-hydrogen) atoms. The van der Waals surface area contributed by atoms with E-state index in [1.165, 1.54) is 17.8 Å². The lowest BCUT2D eigenvalue weighted by Crippen LogP contribution is -2.32. The SMILES string of the molecule is Cn1c(SCC(=O)NC[C@H]2CCCO2)nnc1-c1ccc(NC(=O)/C=C/c2ccccc2)cc1. The first kappa shape index (κ1) is 23.7. The van der Waals surface area contributed by atoms with E-state index in [2.05, 4.69) is 20.8 Å². The number of carbonyl (C=O) groups is 2. The zero-order valence-electron chi connectivity index (χ0n) is 18.9. The fraction of sp³-hybridized carbons (Fsp3) is 0.280. The van der Waals surface area contributed by atoms with Crippen LogP contribution in [0.15, 0.2) is 65.8 Å². The Kier molecular flexibility index (Phi) is 8.11. The van der Waals surface area contributed by atoms with Crippen molar-refractivity contribution in [1.29, 1.82) is 0 Å². The van der Waals surface area contributed by atoms with E-state index in [0.717, 1.165) is 30.6 Å². The molecule has 1 aliphatic rings. The highest BCUT2D eigenvalue weighted by molar-refractivity contribution is 7.99. The Morgan fingerprint density at radius 3 is 2.68 bits per heavy atom. The van der Waals surface area contributed by atoms with Gasteiger partial charge < -0.3 is 19.9 Å². The fourth-order valence-electron chi connectivity index (χ4n) is 3.53. The van der Waals surface area contributed by atoms with Gasteiger partial charge in [-0.2, -0.15) is 0 Å². The van der Waals surface area contributed by atoms with Crippen LogP contribution < -0.4 is 10.6 Å². The molecule has 0 spiro atoms. The molecule has 0 radical (unpaired) electrons. The third kappa shape index (κ3) is 6.55. The van der Waals surface area contributed by atoms with Gasteiger partial charge in [0.2, 0.25) is 11.8 Å². The summed E-state index contributed by atoms with van der Waals surface area (Å²) in [6, 6.07) is 17.1. The van der Waals surface area contributed by atoms with Gasteiger partial charge in [0, 0.05) is 37.5 Å². The predicted octanol–water partition coefficient (Wildman–Crippen LogP) is 3.52. The standard InChI is InChI=1S/C25H27N5O3S/c1-30-24(28-29-25(30)34-17-23(32)26-16-21-8-5-15-33-21)19-10-12-20(13-11-19)27-22(31)14-9-18-6-3-2-4-7-18/h2-4,6-7,9-14,21H,5,8,15-17H2,1H3,(H,26,32)(H,27,31)/b14-9+/t21-/m1/s1. The van der Waals surface area contributed by atoms with Crippen LogP contribution in [0.3, 0.4) is 0 Å². The van der Waals surface area contributed by atoms with E-state index < -0.39 is 0 Å². The van der Waals surface area contributed by atoms with Crippen LogP contribution in [0.1, 0.15) is 18.4 Å². The van der Waals surface area contributed by atoms with E-state index in [1.807, 2.05) is 66.2 Å². The molecule has 1 aliphatic heterocycles. The van der Waals surface area contributed by atoms with Crippen LogP contribution in [-0.4, -0.2) is 51.6 Å². The molecular weight excluding hydrogens is 450 g/mol. The van der Waals surface area contributed by atoms with E-state index >= 15 is 0 Å². The monoisotopic (exact) mass is 477 g/mol. The average molecular weight is 478 g/mol. The highest BCUT2D eigenvalue weighted by Gasteiger charge is 2.17. The Hall–Kier alpha value is -3.43. The van der Waals surface area contributed by atoms with Gasteiger partial charge in [0.05, 0.1) is 11.9 Å². The summed E-state index contributed by atoms with van der Waals surface area (Å²) in [7, 11) is 1.87. The predicted molar refractivity (Wildman–Crippen MR) is 133 cm³/mol. The molecule has 4 rings (SSSR count). The van der Waals surface area contributed by atoms with Gasteiger partial charge >= 0.3 is 0 Å². The van der Waals surface area contributed by atoms with Crippen molar-refractivity contribution < 1.29 is 14.3 Å². The Bertz CT molecular complexity index is 1140. The van der Waals surface area contributed by atoms with Gasteiger partial charge in [-0.25, -0.2) is 0 Å². The number of benzene rings is 2. The lowest BCUT2D eigenvalue weighted by Gasteiger charge is -2.10. The fourth-order valence-corrected chi connectivity index (χ4v) is 4.27. The summed E-state index contributed by atoms with van der Waals surface area (Å²) in [4.78, 5) is 24.3. The minimum absolute atomic E-state index is 0.0496. The number of amides is 2. The first-order valence-electron chi connectivity index (χ1n) is 11.1. The van der Waals surface area contributed by atoms with E-state index in [-0.39, 0.29) is 23.7 Å². The molecule has 2 aromatic carbocycles. The summed E-state index contributed by atoms with van der Waals surface area (Å²) in [5.41, 5.74) is 2.51. The molecule has 2 amide bonds. The zero-order chi connectivity index (χ0) is 23.8. The van der Waals surface area contributed by atoms with Crippen LogP contribution in [-0.2, 0) is 21.4 Å². The number of rotatable bonds is 9. The molecule has 0 bridgehead atoms. The second kappa shape index (κ2) is 11.6. The van der Waals surface area contributed by atoms with Gasteiger partial charge in [-0.3, -0.25) is 9.59 Å². The number of hydrogen-bond acceptors (Lipinski definition) is 6. The molecule has 2 heterocycles. The number of carbonyl (C=O) groups excluding carboxylic acids is 2. The van der Waals surface area contributed by atoms with Gasteiger partial charge in [-0.15, -0.1) is 10.2 Å². The maximum absolute atomic E-state index is 12.2. The van der Waals surface area contributed by atoms with Crippen LogP contribution in [0.2, 0.25) is 0 Å². The van der Waals surface area contributed by atoms with Crippen LogP contribution in [0.5, 0.6) is 0 Å². The van der Waals surface area contributed by atoms with E-state index in [1.54, 1.807) is 6.08 Å². The molecule has 176 valence electrons. The number of aromatic nitrogens is 3. The number of nitrogens with one attached hydrogen (secondary N) is 2. The third-order valence-corrected chi connectivity index (χ3v) is 6.38. The van der Waals surface area contributed by atoms with Gasteiger partial charge in [0.15, 0.2) is 11.0 Å². The Balaban J connectivity index is 1.29. The van der Waals surface area contributed by atoms with Crippen molar-refractivity contribution >= 4 is 35.3 Å². The molecule has 0 unspecified atom stereocenters. The van der Waals surface area contributed by atoms with Crippen LogP contribution in [0.4, 0.5) is 5.69 Å². The first-order valence-corrected chi connectivity index (χ1v) is 12.1. The van der Waals surface area contributed by atoms with E-state index in [4.69, 9.17) is 4.74 Å². The maximum atomic E-state index is 12.2. The van der Waals surface area contributed by atoms with Crippen molar-refractivity contribution in [3.8, 4) is 11.4 Å². The smallest absolute Gasteiger partial charge is 0.248 e. The first-order chi connectivity index (χ1) is 16.6. The molecular formula is C25H27N5O3S. The van der Waals surface area contributed by atoms with Crippen molar-refractivity contribution in [3.05, 3.63) is 66.2 Å². The van der Waals surface area contributed by atoms with E-state index in [0.29, 0.717) is 23.2 Å². The van der Waals surface area contributed by atoms with E-state index in [9.17, 15) is 9.59 Å². The molecule has 3 aromatic rings. The Morgan fingerprint density at radius 2 is 1.94 bits per heavy atom. The molecule has 8 nitrogen and oxygen atoms in total. The van der Waals surface area contributed by atoms with Gasteiger partial charge in [0.1, 0.15) is 0 Å². The number of thioether (sulfide) groups is 1. The summed E-state index contributed by atoms with van der Waals surface area (Å²) < 4.78 is 7.38. The summed E-state index contributed by atoms with van der Waals surface area (Å²) >= 11 is 1.34. The zero-order valence-corrected chi connectivity index (χ0v) is 19.8. The highest BCUT2D eigenvalue weighted by atomic mass is 32.2. The summed E-state index contributed by atoms with van der Waals surface area (Å²) in [5.74, 6) is 0.697. The highest BCUT2D eigenvalue weighted by Crippen LogP contribution is 2.24. The molecule has 1 saturated heterocycles. The molecule has 9 heteroatoms. The number of nitrogens with zero attached hydrogens (tertiary/aromatic N) is 3. The van der Waals surface area contributed by atoms with Crippen LogP contribution in [0.25, 0.3) is 17.5 Å². The second-order valence-corrected chi connectivity index (χ2v) is 8.85. The van der Waals surface area contributed by atoms with Crippen molar-refractivity contribution in [2.24, 2.45) is 7.05 Å². The van der Waals surface area contributed by atoms with Gasteiger partial charge in [-0.1, -0.05) is 42.1 Å².